The predicted molar refractivity (Wildman–Crippen MR) is 59.2 cm³/mol. The van der Waals surface area contributed by atoms with Gasteiger partial charge in [-0.2, -0.15) is 0 Å². The first kappa shape index (κ1) is 11.2. The summed E-state index contributed by atoms with van der Waals surface area (Å²) in [6, 6.07) is 6.13. The summed E-state index contributed by atoms with van der Waals surface area (Å²) in [4.78, 5) is 0. The highest BCUT2D eigenvalue weighted by molar-refractivity contribution is 5.32. The Kier molecular flexibility index (Phi) is 4.11. The Bertz CT molecular complexity index is 274. The Morgan fingerprint density at radius 2 is 1.64 bits per heavy atom. The summed E-state index contributed by atoms with van der Waals surface area (Å²) in [5.74, 6) is 0. The van der Waals surface area contributed by atoms with Crippen molar-refractivity contribution in [3.8, 4) is 0 Å². The molecule has 1 rings (SSSR count). The van der Waals surface area contributed by atoms with Gasteiger partial charge in [-0.05, 0) is 29.5 Å². The molecule has 14 heavy (non-hydrogen) atoms. The summed E-state index contributed by atoms with van der Waals surface area (Å²) in [6.07, 6.45) is 2.03. The summed E-state index contributed by atoms with van der Waals surface area (Å²) in [5, 5.41) is 8.99. The van der Waals surface area contributed by atoms with E-state index in [1.807, 2.05) is 0 Å². The van der Waals surface area contributed by atoms with Crippen molar-refractivity contribution in [3.63, 3.8) is 0 Å². The first-order valence-corrected chi connectivity index (χ1v) is 5.20. The van der Waals surface area contributed by atoms with E-state index in [9.17, 15) is 0 Å². The zero-order valence-corrected chi connectivity index (χ0v) is 8.96. The molecule has 0 aliphatic heterocycles. The molecule has 0 saturated carbocycles. The Morgan fingerprint density at radius 3 is 2.00 bits per heavy atom. The molecule has 0 unspecified atom stereocenters. The molecule has 2 nitrogen and oxygen atoms in total. The maximum Gasteiger partial charge on any atom is 0.0624 e. The number of rotatable bonds is 4. The number of benzene rings is 1. The van der Waals surface area contributed by atoms with Gasteiger partial charge in [0.1, 0.15) is 0 Å². The van der Waals surface area contributed by atoms with Gasteiger partial charge in [-0.1, -0.05) is 32.0 Å². The van der Waals surface area contributed by atoms with Gasteiger partial charge in [-0.3, -0.25) is 0 Å². The van der Waals surface area contributed by atoms with E-state index in [2.05, 4.69) is 32.0 Å². The van der Waals surface area contributed by atoms with E-state index in [0.29, 0.717) is 0 Å². The first-order chi connectivity index (χ1) is 6.71. The average molecular weight is 193 g/mol. The fourth-order valence-corrected chi connectivity index (χ4v) is 1.52. The molecule has 3 N–H and O–H groups in total. The van der Waals surface area contributed by atoms with Crippen molar-refractivity contribution in [2.24, 2.45) is 5.73 Å². The minimum atomic E-state index is -0.244. The fraction of sp³-hybridized carbons (Fsp3) is 0.500. The van der Waals surface area contributed by atoms with E-state index in [1.165, 1.54) is 11.1 Å². The highest BCUT2D eigenvalue weighted by Crippen LogP contribution is 2.16. The van der Waals surface area contributed by atoms with Crippen LogP contribution in [0.2, 0.25) is 0 Å². The second kappa shape index (κ2) is 5.13. The average Bonchev–Trinajstić information content (AvgIpc) is 2.27. The van der Waals surface area contributed by atoms with E-state index >= 15 is 0 Å². The Morgan fingerprint density at radius 1 is 1.14 bits per heavy atom. The zero-order chi connectivity index (χ0) is 10.6. The first-order valence-electron chi connectivity index (χ1n) is 5.20. The largest absolute Gasteiger partial charge is 0.394 e. The molecule has 0 saturated heterocycles. The zero-order valence-electron chi connectivity index (χ0n) is 8.96. The summed E-state index contributed by atoms with van der Waals surface area (Å²) in [5.41, 5.74) is 9.43. The molecule has 2 heteroatoms. The molecular formula is C12H19NO. The molecule has 0 aliphatic rings. The van der Waals surface area contributed by atoms with Crippen molar-refractivity contribution in [2.75, 3.05) is 6.61 Å². The maximum atomic E-state index is 8.99. The minimum absolute atomic E-state index is 0.0102. The summed E-state index contributed by atoms with van der Waals surface area (Å²) >= 11 is 0. The molecule has 1 atom stereocenters. The standard InChI is InChI=1S/C12H19NO/c1-3-9-5-10(4-2)7-11(6-9)12(13)8-14/h5-7,12,14H,3-4,8,13H2,1-2H3/t12-/m0/s1. The molecular weight excluding hydrogens is 174 g/mol. The third-order valence-electron chi connectivity index (χ3n) is 2.52. The monoisotopic (exact) mass is 193 g/mol. The third kappa shape index (κ3) is 2.56. The summed E-state index contributed by atoms with van der Waals surface area (Å²) in [7, 11) is 0. The SMILES string of the molecule is CCc1cc(CC)cc([C@@H](N)CO)c1. The van der Waals surface area contributed by atoms with Crippen molar-refractivity contribution in [1.29, 1.82) is 0 Å². The third-order valence-corrected chi connectivity index (χ3v) is 2.52. The quantitative estimate of drug-likeness (QED) is 0.766. The summed E-state index contributed by atoms with van der Waals surface area (Å²) in [6.45, 7) is 4.27. The molecule has 0 fully saturated rings. The molecule has 0 radical (unpaired) electrons. The van der Waals surface area contributed by atoms with Crippen LogP contribution in [0.1, 0.15) is 36.6 Å². The van der Waals surface area contributed by atoms with E-state index in [1.54, 1.807) is 0 Å². The van der Waals surface area contributed by atoms with Crippen LogP contribution >= 0.6 is 0 Å². The molecule has 0 bridgehead atoms. The van der Waals surface area contributed by atoms with E-state index in [0.717, 1.165) is 18.4 Å². The normalized spacial score (nSPS) is 12.9. The number of hydrogen-bond acceptors (Lipinski definition) is 2. The van der Waals surface area contributed by atoms with Crippen molar-refractivity contribution in [2.45, 2.75) is 32.7 Å². The van der Waals surface area contributed by atoms with Gasteiger partial charge in [0.15, 0.2) is 0 Å². The van der Waals surface area contributed by atoms with Crippen molar-refractivity contribution < 1.29 is 5.11 Å². The van der Waals surface area contributed by atoms with Gasteiger partial charge >= 0.3 is 0 Å². The number of nitrogens with two attached hydrogens (primary N) is 1. The lowest BCUT2D eigenvalue weighted by molar-refractivity contribution is 0.268. The Labute approximate surface area is 85.8 Å². The van der Waals surface area contributed by atoms with Crippen LogP contribution in [-0.4, -0.2) is 11.7 Å². The van der Waals surface area contributed by atoms with Crippen LogP contribution in [0.25, 0.3) is 0 Å². The van der Waals surface area contributed by atoms with E-state index < -0.39 is 0 Å². The lowest BCUT2D eigenvalue weighted by Gasteiger charge is -2.12. The molecule has 0 aromatic heterocycles. The number of aliphatic hydroxyl groups is 1. The highest BCUT2D eigenvalue weighted by atomic mass is 16.3. The van der Waals surface area contributed by atoms with Crippen LogP contribution in [0.4, 0.5) is 0 Å². The van der Waals surface area contributed by atoms with Crippen LogP contribution < -0.4 is 5.73 Å². The van der Waals surface area contributed by atoms with Crippen LogP contribution in [0.5, 0.6) is 0 Å². The van der Waals surface area contributed by atoms with Gasteiger partial charge < -0.3 is 10.8 Å². The number of aliphatic hydroxyl groups excluding tert-OH is 1. The van der Waals surface area contributed by atoms with Crippen molar-refractivity contribution >= 4 is 0 Å². The van der Waals surface area contributed by atoms with Crippen molar-refractivity contribution in [1.82, 2.24) is 0 Å². The molecule has 78 valence electrons. The molecule has 1 aromatic rings. The van der Waals surface area contributed by atoms with Crippen LogP contribution in [0.15, 0.2) is 18.2 Å². The molecule has 1 aromatic carbocycles. The number of aryl methyl sites for hydroxylation is 2. The van der Waals surface area contributed by atoms with Gasteiger partial charge in [0.25, 0.3) is 0 Å². The van der Waals surface area contributed by atoms with E-state index in [4.69, 9.17) is 10.8 Å². The second-order valence-electron chi connectivity index (χ2n) is 3.58. The van der Waals surface area contributed by atoms with Gasteiger partial charge in [0.2, 0.25) is 0 Å². The van der Waals surface area contributed by atoms with Gasteiger partial charge in [-0.15, -0.1) is 0 Å². The van der Waals surface area contributed by atoms with Crippen LogP contribution in [-0.2, 0) is 12.8 Å². The molecule has 0 heterocycles. The fourth-order valence-electron chi connectivity index (χ4n) is 1.52. The van der Waals surface area contributed by atoms with Gasteiger partial charge in [0.05, 0.1) is 12.6 Å². The van der Waals surface area contributed by atoms with Gasteiger partial charge in [-0.25, -0.2) is 0 Å². The minimum Gasteiger partial charge on any atom is -0.394 e. The van der Waals surface area contributed by atoms with Crippen LogP contribution in [0.3, 0.4) is 0 Å². The van der Waals surface area contributed by atoms with Gasteiger partial charge in [0, 0.05) is 0 Å². The smallest absolute Gasteiger partial charge is 0.0624 e. The van der Waals surface area contributed by atoms with Crippen molar-refractivity contribution in [3.05, 3.63) is 34.9 Å². The number of hydrogen-bond donors (Lipinski definition) is 2. The van der Waals surface area contributed by atoms with E-state index in [-0.39, 0.29) is 12.6 Å². The maximum absolute atomic E-state index is 8.99. The summed E-state index contributed by atoms with van der Waals surface area (Å²) < 4.78 is 0. The lowest BCUT2D eigenvalue weighted by Crippen LogP contribution is -2.15. The molecule has 0 spiro atoms. The molecule has 0 aliphatic carbocycles. The Hall–Kier alpha value is -0.860. The topological polar surface area (TPSA) is 46.2 Å². The highest BCUT2D eigenvalue weighted by Gasteiger charge is 2.06. The van der Waals surface area contributed by atoms with Crippen LogP contribution in [0, 0.1) is 0 Å². The predicted octanol–water partition coefficient (Wildman–Crippen LogP) is 1.80. The second-order valence-corrected chi connectivity index (χ2v) is 3.58. The Balaban J connectivity index is 3.04. The lowest BCUT2D eigenvalue weighted by atomic mass is 9.99. The molecule has 0 amide bonds.